The second kappa shape index (κ2) is 2.71. The normalized spacial score (nSPS) is 10.8. The van der Waals surface area contributed by atoms with Crippen molar-refractivity contribution in [2.24, 2.45) is 0 Å². The van der Waals surface area contributed by atoms with Crippen LogP contribution in [-0.2, 0) is 6.42 Å². The van der Waals surface area contributed by atoms with Crippen LogP contribution in [0.2, 0.25) is 0 Å². The number of aryl methyl sites for hydroxylation is 1. The van der Waals surface area contributed by atoms with Crippen LogP contribution in [0.3, 0.4) is 0 Å². The van der Waals surface area contributed by atoms with E-state index in [0.717, 1.165) is 26.4 Å². The molecule has 2 rings (SSSR count). The molecule has 0 saturated heterocycles. The number of hydrogen-bond donors (Lipinski definition) is 0. The summed E-state index contributed by atoms with van der Waals surface area (Å²) in [4.78, 5) is 4.29. The number of hydrogen-bond acceptors (Lipinski definition) is 3. The van der Waals surface area contributed by atoms with E-state index in [1.54, 1.807) is 17.4 Å². The smallest absolute Gasteiger partial charge is 0.207 e. The van der Waals surface area contributed by atoms with E-state index < -0.39 is 0 Å². The third kappa shape index (κ3) is 1.14. The highest BCUT2D eigenvalue weighted by Crippen LogP contribution is 2.19. The third-order valence-electron chi connectivity index (χ3n) is 1.65. The molecule has 0 N–H and O–H groups in total. The van der Waals surface area contributed by atoms with Gasteiger partial charge in [-0.15, -0.1) is 11.3 Å². The Balaban J connectivity index is 2.67. The molecule has 0 aliphatic rings. The molecule has 0 bridgehead atoms. The molecule has 0 atom stereocenters. The number of aromatic nitrogens is 2. The lowest BCUT2D eigenvalue weighted by atomic mass is 10.4. The van der Waals surface area contributed by atoms with Crippen LogP contribution in [-0.4, -0.2) is 4.98 Å². The van der Waals surface area contributed by atoms with E-state index in [1.807, 2.05) is 0 Å². The quantitative estimate of drug-likeness (QED) is 0.492. The van der Waals surface area contributed by atoms with Gasteiger partial charge in [-0.1, -0.05) is 6.92 Å². The number of pyridine rings is 1. The summed E-state index contributed by atoms with van der Waals surface area (Å²) in [5.41, 5.74) is 0.800. The fourth-order valence-electron chi connectivity index (χ4n) is 1.06. The molecule has 2 aromatic rings. The Labute approximate surface area is 73.9 Å². The lowest BCUT2D eigenvalue weighted by Crippen LogP contribution is -2.23. The van der Waals surface area contributed by atoms with Crippen LogP contribution in [0.1, 0.15) is 11.9 Å². The first-order valence-electron chi connectivity index (χ1n) is 3.78. The van der Waals surface area contributed by atoms with Crippen molar-refractivity contribution in [2.45, 2.75) is 13.3 Å². The summed E-state index contributed by atoms with van der Waals surface area (Å²) >= 11 is 1.64. The first-order valence-corrected chi connectivity index (χ1v) is 4.59. The Morgan fingerprint density at radius 3 is 3.25 bits per heavy atom. The van der Waals surface area contributed by atoms with E-state index >= 15 is 0 Å². The van der Waals surface area contributed by atoms with Gasteiger partial charge in [-0.2, -0.15) is 4.73 Å². The maximum atomic E-state index is 10.9. The minimum Gasteiger partial charge on any atom is -0.619 e. The maximum Gasteiger partial charge on any atom is 0.207 e. The zero-order valence-corrected chi connectivity index (χ0v) is 7.47. The SMILES string of the molecule is CCc1nc2c[n+]([O-])ccc2s1. The van der Waals surface area contributed by atoms with Gasteiger partial charge in [0, 0.05) is 6.07 Å². The first kappa shape index (κ1) is 7.49. The Kier molecular flexibility index (Phi) is 1.69. The molecule has 0 aliphatic carbocycles. The Morgan fingerprint density at radius 2 is 2.50 bits per heavy atom. The summed E-state index contributed by atoms with van der Waals surface area (Å²) in [5, 5.41) is 11.9. The van der Waals surface area contributed by atoms with Gasteiger partial charge < -0.3 is 5.21 Å². The summed E-state index contributed by atoms with van der Waals surface area (Å²) in [5.74, 6) is 0. The molecule has 0 unspecified atom stereocenters. The number of thiazole rings is 1. The van der Waals surface area contributed by atoms with Crippen LogP contribution in [0.5, 0.6) is 0 Å². The predicted octanol–water partition coefficient (Wildman–Crippen LogP) is 1.49. The Hall–Kier alpha value is -1.16. The first-order chi connectivity index (χ1) is 5.79. The van der Waals surface area contributed by atoms with Crippen molar-refractivity contribution in [3.63, 3.8) is 0 Å². The average molecular weight is 180 g/mol. The number of fused-ring (bicyclic) bond motifs is 1. The highest BCUT2D eigenvalue weighted by atomic mass is 32.1. The van der Waals surface area contributed by atoms with Gasteiger partial charge in [0.2, 0.25) is 6.20 Å². The van der Waals surface area contributed by atoms with E-state index in [1.165, 1.54) is 12.4 Å². The number of nitrogens with zero attached hydrogens (tertiary/aromatic N) is 2. The van der Waals surface area contributed by atoms with Crippen LogP contribution in [0.15, 0.2) is 18.5 Å². The van der Waals surface area contributed by atoms with Gasteiger partial charge in [-0.25, -0.2) is 4.98 Å². The van der Waals surface area contributed by atoms with Gasteiger partial charge >= 0.3 is 0 Å². The molecular weight excluding hydrogens is 172 g/mol. The molecule has 0 aromatic carbocycles. The van der Waals surface area contributed by atoms with E-state index in [0.29, 0.717) is 0 Å². The average Bonchev–Trinajstić information content (AvgIpc) is 2.46. The van der Waals surface area contributed by atoms with Crippen LogP contribution < -0.4 is 4.73 Å². The van der Waals surface area contributed by atoms with E-state index in [-0.39, 0.29) is 0 Å². The summed E-state index contributed by atoms with van der Waals surface area (Å²) in [6, 6.07) is 1.80. The fraction of sp³-hybridized carbons (Fsp3) is 0.250. The van der Waals surface area contributed by atoms with Crippen molar-refractivity contribution in [2.75, 3.05) is 0 Å². The molecule has 0 radical (unpaired) electrons. The summed E-state index contributed by atoms with van der Waals surface area (Å²) in [7, 11) is 0. The molecule has 2 aromatic heterocycles. The zero-order valence-electron chi connectivity index (χ0n) is 6.65. The molecule has 4 heteroatoms. The Morgan fingerprint density at radius 1 is 1.67 bits per heavy atom. The topological polar surface area (TPSA) is 39.8 Å². The second-order valence-electron chi connectivity index (χ2n) is 2.52. The second-order valence-corrected chi connectivity index (χ2v) is 3.63. The molecular formula is C8H8N2OS. The van der Waals surface area contributed by atoms with Crippen molar-refractivity contribution in [3.8, 4) is 0 Å². The molecule has 0 amide bonds. The van der Waals surface area contributed by atoms with E-state index in [2.05, 4.69) is 11.9 Å². The maximum absolute atomic E-state index is 10.9. The molecule has 0 aliphatic heterocycles. The van der Waals surface area contributed by atoms with E-state index in [9.17, 15) is 5.21 Å². The molecule has 0 saturated carbocycles. The Bertz CT molecular complexity index is 410. The predicted molar refractivity (Wildman–Crippen MR) is 48.0 cm³/mol. The largest absolute Gasteiger partial charge is 0.619 e. The van der Waals surface area contributed by atoms with Crippen molar-refractivity contribution in [1.29, 1.82) is 0 Å². The van der Waals surface area contributed by atoms with Crippen LogP contribution in [0.4, 0.5) is 0 Å². The molecule has 2 heterocycles. The van der Waals surface area contributed by atoms with Crippen molar-refractivity contribution >= 4 is 21.6 Å². The standard InChI is InChI=1S/C8H8N2OS/c1-2-8-9-6-5-10(11)4-3-7(6)12-8/h3-5H,2H2,1H3. The van der Waals surface area contributed by atoms with Crippen LogP contribution >= 0.6 is 11.3 Å². The highest BCUT2D eigenvalue weighted by molar-refractivity contribution is 7.18. The summed E-state index contributed by atoms with van der Waals surface area (Å²) in [6.07, 6.45) is 3.93. The number of rotatable bonds is 1. The van der Waals surface area contributed by atoms with E-state index in [4.69, 9.17) is 0 Å². The van der Waals surface area contributed by atoms with Crippen LogP contribution in [0.25, 0.3) is 10.2 Å². The van der Waals surface area contributed by atoms with Crippen molar-refractivity contribution in [3.05, 3.63) is 28.7 Å². The molecule has 0 spiro atoms. The summed E-state index contributed by atoms with van der Waals surface area (Å²) in [6.45, 7) is 2.06. The minimum atomic E-state index is 0.779. The van der Waals surface area contributed by atoms with Gasteiger partial charge in [-0.3, -0.25) is 0 Å². The third-order valence-corrected chi connectivity index (χ3v) is 2.83. The monoisotopic (exact) mass is 180 g/mol. The molecule has 3 nitrogen and oxygen atoms in total. The lowest BCUT2D eigenvalue weighted by Gasteiger charge is -1.91. The van der Waals surface area contributed by atoms with Crippen molar-refractivity contribution < 1.29 is 4.73 Å². The van der Waals surface area contributed by atoms with Gasteiger partial charge in [-0.05, 0) is 6.42 Å². The molecule has 0 fully saturated rings. The fourth-order valence-corrected chi connectivity index (χ4v) is 1.93. The highest BCUT2D eigenvalue weighted by Gasteiger charge is 2.03. The minimum absolute atomic E-state index is 0.779. The van der Waals surface area contributed by atoms with Gasteiger partial charge in [0.1, 0.15) is 5.52 Å². The zero-order chi connectivity index (χ0) is 8.55. The van der Waals surface area contributed by atoms with Crippen LogP contribution in [0, 0.1) is 5.21 Å². The van der Waals surface area contributed by atoms with Gasteiger partial charge in [0.05, 0.1) is 9.71 Å². The summed E-state index contributed by atoms with van der Waals surface area (Å²) < 4.78 is 1.86. The van der Waals surface area contributed by atoms with Gasteiger partial charge in [0.15, 0.2) is 6.20 Å². The molecule has 12 heavy (non-hydrogen) atoms. The van der Waals surface area contributed by atoms with Gasteiger partial charge in [0.25, 0.3) is 0 Å². The molecule has 62 valence electrons. The lowest BCUT2D eigenvalue weighted by molar-refractivity contribution is -0.603. The van der Waals surface area contributed by atoms with Crippen molar-refractivity contribution in [1.82, 2.24) is 4.98 Å².